The maximum absolute atomic E-state index is 12.0. The second-order valence-corrected chi connectivity index (χ2v) is 4.86. The van der Waals surface area contributed by atoms with Crippen LogP contribution in [0, 0.1) is 0 Å². The molecule has 1 fully saturated rings. The quantitative estimate of drug-likeness (QED) is 0.756. The Morgan fingerprint density at radius 1 is 1.29 bits per heavy atom. The number of para-hydroxylation sites is 1. The van der Waals surface area contributed by atoms with E-state index in [1.54, 1.807) is 6.07 Å². The molecule has 2 aromatic rings. The largest absolute Gasteiger partial charge is 1.00 e. The van der Waals surface area contributed by atoms with Crippen LogP contribution in [0.2, 0.25) is 0 Å². The normalized spacial score (nSPS) is 15.6. The predicted molar refractivity (Wildman–Crippen MR) is 76.9 cm³/mol. The van der Waals surface area contributed by atoms with Crippen molar-refractivity contribution in [3.8, 4) is 0 Å². The average molecular weight is 311 g/mol. The van der Waals surface area contributed by atoms with Gasteiger partial charge in [-0.3, -0.25) is 9.69 Å². The topological polar surface area (TPSA) is 54.7 Å². The fourth-order valence-corrected chi connectivity index (χ4v) is 2.33. The summed E-state index contributed by atoms with van der Waals surface area (Å²) in [7, 11) is 0. The molecule has 1 amide bonds. The Bertz CT molecular complexity index is 566. The van der Waals surface area contributed by atoms with Crippen molar-refractivity contribution in [2.75, 3.05) is 39.4 Å². The smallest absolute Gasteiger partial charge is 1.00 e. The van der Waals surface area contributed by atoms with Crippen molar-refractivity contribution in [3.63, 3.8) is 0 Å². The van der Waals surface area contributed by atoms with Crippen molar-refractivity contribution in [3.05, 3.63) is 36.1 Å². The summed E-state index contributed by atoms with van der Waals surface area (Å²) >= 11 is 0. The molecule has 1 aromatic heterocycles. The van der Waals surface area contributed by atoms with Crippen LogP contribution >= 0.6 is 0 Å². The van der Waals surface area contributed by atoms with E-state index in [0.717, 1.165) is 43.8 Å². The number of ether oxygens (including phenoxy) is 1. The number of benzene rings is 1. The van der Waals surface area contributed by atoms with Gasteiger partial charge in [-0.15, -0.1) is 0 Å². The molecule has 6 heteroatoms. The number of hydrogen-bond acceptors (Lipinski definition) is 4. The molecule has 0 spiro atoms. The van der Waals surface area contributed by atoms with Gasteiger partial charge >= 0.3 is 1.43 Å². The molecule has 5 nitrogen and oxygen atoms in total. The van der Waals surface area contributed by atoms with E-state index in [0.29, 0.717) is 12.3 Å². The molecule has 0 saturated carbocycles. The number of hydrogen-bond donors (Lipinski definition) is 1. The molecule has 21 heavy (non-hydrogen) atoms. The highest BCUT2D eigenvalue weighted by Crippen LogP contribution is 2.18. The van der Waals surface area contributed by atoms with Gasteiger partial charge in [0.2, 0.25) is 0 Å². The minimum Gasteiger partial charge on any atom is -1.00 e. The van der Waals surface area contributed by atoms with E-state index >= 15 is 0 Å². The van der Waals surface area contributed by atoms with Gasteiger partial charge in [-0.1, -0.05) is 18.2 Å². The average Bonchev–Trinajstić information content (AvgIpc) is 2.92. The molecule has 1 N–H and O–H groups in total. The van der Waals surface area contributed by atoms with Gasteiger partial charge in [-0.2, -0.15) is 0 Å². The highest BCUT2D eigenvalue weighted by molar-refractivity contribution is 5.96. The summed E-state index contributed by atoms with van der Waals surface area (Å²) in [5.41, 5.74) is 0.742. The summed E-state index contributed by atoms with van der Waals surface area (Å²) in [6.45, 7) is 4.88. The van der Waals surface area contributed by atoms with Crippen LogP contribution in [0.1, 0.15) is 12.0 Å². The van der Waals surface area contributed by atoms with Crippen molar-refractivity contribution in [2.24, 2.45) is 0 Å². The monoisotopic (exact) mass is 310 g/mol. The number of morpholine rings is 1. The zero-order chi connectivity index (χ0) is 13.8. The Labute approximate surface area is 131 Å². The Morgan fingerprint density at radius 3 is 2.81 bits per heavy atom. The number of nitrogens with zero attached hydrogens (tertiary/aromatic N) is 1. The fraction of sp³-hybridized carbons (Fsp3) is 0.400. The molecule has 1 aliphatic heterocycles. The number of rotatable bonds is 4. The van der Waals surface area contributed by atoms with Crippen LogP contribution in [-0.2, 0) is 4.74 Å². The lowest BCUT2D eigenvalue weighted by Gasteiger charge is -2.26. The number of fused-ring (bicyclic) bond motifs is 1. The highest BCUT2D eigenvalue weighted by atomic mass is 35.5. The van der Waals surface area contributed by atoms with Crippen LogP contribution in [0.25, 0.3) is 11.0 Å². The molecule has 1 saturated heterocycles. The van der Waals surface area contributed by atoms with Gasteiger partial charge < -0.3 is 26.9 Å². The summed E-state index contributed by atoms with van der Waals surface area (Å²) in [5, 5.41) is 3.84. The van der Waals surface area contributed by atoms with E-state index in [4.69, 9.17) is 9.15 Å². The minimum atomic E-state index is -0.158. The van der Waals surface area contributed by atoms with E-state index in [2.05, 4.69) is 10.2 Å². The summed E-state index contributed by atoms with van der Waals surface area (Å²) in [6.07, 6.45) is 0. The van der Waals surface area contributed by atoms with Crippen LogP contribution < -0.4 is 17.7 Å². The third-order valence-electron chi connectivity index (χ3n) is 3.47. The van der Waals surface area contributed by atoms with Crippen LogP contribution in [0.15, 0.2) is 34.7 Å². The third kappa shape index (κ3) is 3.97. The van der Waals surface area contributed by atoms with Crippen molar-refractivity contribution >= 4 is 16.9 Å². The number of carbonyl (C=O) groups is 1. The van der Waals surface area contributed by atoms with E-state index in [1.165, 1.54) is 0 Å². The zero-order valence-corrected chi connectivity index (χ0v) is 12.4. The van der Waals surface area contributed by atoms with Crippen molar-refractivity contribution in [1.82, 2.24) is 10.2 Å². The van der Waals surface area contributed by atoms with Gasteiger partial charge in [0, 0.05) is 31.6 Å². The number of nitrogens with one attached hydrogen (secondary N) is 1. The Kier molecular flexibility index (Phi) is 5.61. The highest BCUT2D eigenvalue weighted by Gasteiger charge is 2.13. The SMILES string of the molecule is O=C(NCCN1CCOCC1)c1cc2ccccc2o1.[Cl-].[H+]. The number of amides is 1. The summed E-state index contributed by atoms with van der Waals surface area (Å²) in [6, 6.07) is 9.40. The lowest BCUT2D eigenvalue weighted by atomic mass is 10.2. The van der Waals surface area contributed by atoms with Crippen LogP contribution in [0.3, 0.4) is 0 Å². The van der Waals surface area contributed by atoms with Gasteiger partial charge in [0.1, 0.15) is 5.58 Å². The third-order valence-corrected chi connectivity index (χ3v) is 3.47. The number of halogens is 1. The van der Waals surface area contributed by atoms with E-state index < -0.39 is 0 Å². The molecule has 0 atom stereocenters. The maximum Gasteiger partial charge on any atom is 1.00 e. The van der Waals surface area contributed by atoms with Crippen LogP contribution in [0.4, 0.5) is 0 Å². The molecule has 114 valence electrons. The van der Waals surface area contributed by atoms with Gasteiger partial charge in [0.15, 0.2) is 5.76 Å². The first kappa shape index (κ1) is 15.8. The molecule has 0 aliphatic carbocycles. The summed E-state index contributed by atoms with van der Waals surface area (Å²) < 4.78 is 10.8. The maximum atomic E-state index is 12.0. The Morgan fingerprint density at radius 2 is 2.05 bits per heavy atom. The second kappa shape index (κ2) is 7.45. The van der Waals surface area contributed by atoms with Gasteiger partial charge in [-0.05, 0) is 12.1 Å². The summed E-state index contributed by atoms with van der Waals surface area (Å²) in [4.78, 5) is 14.3. The zero-order valence-electron chi connectivity index (χ0n) is 12.7. The van der Waals surface area contributed by atoms with Gasteiger partial charge in [0.05, 0.1) is 13.2 Å². The van der Waals surface area contributed by atoms with E-state index in [-0.39, 0.29) is 19.7 Å². The molecular weight excluding hydrogens is 292 g/mol. The molecule has 2 heterocycles. The fourth-order valence-electron chi connectivity index (χ4n) is 2.33. The molecule has 0 unspecified atom stereocenters. The van der Waals surface area contributed by atoms with E-state index in [1.807, 2.05) is 24.3 Å². The molecule has 3 rings (SSSR count). The Balaban J connectivity index is 0.00000121. The Hall–Kier alpha value is -1.56. The number of carbonyl (C=O) groups excluding carboxylic acids is 1. The first-order chi connectivity index (χ1) is 9.83. The van der Waals surface area contributed by atoms with Gasteiger partial charge in [0.25, 0.3) is 5.91 Å². The number of furan rings is 1. The van der Waals surface area contributed by atoms with Crippen molar-refractivity contribution < 1.29 is 27.8 Å². The first-order valence-corrected chi connectivity index (χ1v) is 6.90. The van der Waals surface area contributed by atoms with Gasteiger partial charge in [-0.25, -0.2) is 0 Å². The molecule has 1 aliphatic rings. The predicted octanol–water partition coefficient (Wildman–Crippen LogP) is -1.39. The van der Waals surface area contributed by atoms with Crippen molar-refractivity contribution in [2.45, 2.75) is 0 Å². The second-order valence-electron chi connectivity index (χ2n) is 4.86. The lowest BCUT2D eigenvalue weighted by molar-refractivity contribution is -0.0000147. The summed E-state index contributed by atoms with van der Waals surface area (Å²) in [5.74, 6) is 0.211. The van der Waals surface area contributed by atoms with E-state index in [9.17, 15) is 4.79 Å². The minimum absolute atomic E-state index is 0. The lowest BCUT2D eigenvalue weighted by Crippen LogP contribution is -3.00. The molecule has 0 bridgehead atoms. The van der Waals surface area contributed by atoms with Crippen molar-refractivity contribution in [1.29, 1.82) is 0 Å². The molecular formula is C15H19ClN2O3. The van der Waals surface area contributed by atoms with Crippen LogP contribution in [0.5, 0.6) is 0 Å². The molecule has 1 aromatic carbocycles. The van der Waals surface area contributed by atoms with Crippen LogP contribution in [-0.4, -0.2) is 50.2 Å². The molecule has 0 radical (unpaired) electrons. The first-order valence-electron chi connectivity index (χ1n) is 6.90. The standard InChI is InChI=1S/C15H18N2O3.ClH/c18-15(16-5-6-17-7-9-19-10-8-17)14-11-12-3-1-2-4-13(12)20-14;/h1-4,11H,5-10H2,(H,16,18);1H.